The lowest BCUT2D eigenvalue weighted by atomic mass is 9.97. The van der Waals surface area contributed by atoms with Crippen molar-refractivity contribution >= 4 is 23.2 Å². The van der Waals surface area contributed by atoms with Crippen molar-refractivity contribution in [2.45, 2.75) is 65.0 Å². The zero-order valence-corrected chi connectivity index (χ0v) is 14.5. The fraction of sp³-hybridized carbons (Fsp3) is 0.688. The Kier molecular flexibility index (Phi) is 5.21. The Labute approximate surface area is 135 Å². The first-order chi connectivity index (χ1) is 10.3. The van der Waals surface area contributed by atoms with E-state index in [0.29, 0.717) is 18.7 Å². The summed E-state index contributed by atoms with van der Waals surface area (Å²) in [7, 11) is 0. The molecule has 1 aromatic rings. The van der Waals surface area contributed by atoms with Crippen molar-refractivity contribution in [1.82, 2.24) is 9.88 Å². The summed E-state index contributed by atoms with van der Waals surface area (Å²) in [6, 6.07) is -0.0851. The SMILES string of the molecule is Cc1nc(C(=O)CC2CCCCN2C(=O)OC(C)(C)C)cs1. The van der Waals surface area contributed by atoms with Crippen molar-refractivity contribution < 1.29 is 14.3 Å². The number of ketones is 1. The zero-order chi connectivity index (χ0) is 16.3. The predicted molar refractivity (Wildman–Crippen MR) is 86.4 cm³/mol. The van der Waals surface area contributed by atoms with E-state index in [-0.39, 0.29) is 17.9 Å². The Morgan fingerprint density at radius 3 is 2.73 bits per heavy atom. The number of hydrogen-bond donors (Lipinski definition) is 0. The number of piperidine rings is 1. The normalized spacial score (nSPS) is 19.1. The van der Waals surface area contributed by atoms with E-state index in [0.717, 1.165) is 24.3 Å². The first kappa shape index (κ1) is 16.9. The van der Waals surface area contributed by atoms with Gasteiger partial charge in [0.2, 0.25) is 0 Å². The minimum absolute atomic E-state index is 0.00445. The molecule has 0 saturated carbocycles. The average Bonchev–Trinajstić information content (AvgIpc) is 2.84. The van der Waals surface area contributed by atoms with Crippen LogP contribution < -0.4 is 0 Å². The maximum absolute atomic E-state index is 12.3. The third kappa shape index (κ3) is 4.53. The molecule has 1 saturated heterocycles. The van der Waals surface area contributed by atoms with Gasteiger partial charge in [-0.3, -0.25) is 4.79 Å². The Hall–Kier alpha value is -1.43. The molecule has 1 amide bonds. The van der Waals surface area contributed by atoms with E-state index in [1.54, 1.807) is 10.3 Å². The van der Waals surface area contributed by atoms with Crippen LogP contribution in [0.4, 0.5) is 4.79 Å². The molecule has 0 N–H and O–H groups in total. The average molecular weight is 324 g/mol. The number of amides is 1. The molecule has 0 aromatic carbocycles. The number of carbonyl (C=O) groups is 2. The maximum Gasteiger partial charge on any atom is 0.410 e. The van der Waals surface area contributed by atoms with Crippen LogP contribution in [-0.4, -0.2) is 39.9 Å². The van der Waals surface area contributed by atoms with Gasteiger partial charge in [-0.05, 0) is 47.0 Å². The van der Waals surface area contributed by atoms with Crippen LogP contribution in [0.1, 0.15) is 62.0 Å². The number of Topliss-reactive ketones (excluding diaryl/α,β-unsaturated/α-hetero) is 1. The van der Waals surface area contributed by atoms with Crippen LogP contribution in [0.3, 0.4) is 0 Å². The topological polar surface area (TPSA) is 59.5 Å². The van der Waals surface area contributed by atoms with E-state index in [1.165, 1.54) is 11.3 Å². The monoisotopic (exact) mass is 324 g/mol. The molecule has 1 unspecified atom stereocenters. The van der Waals surface area contributed by atoms with Crippen molar-refractivity contribution in [3.63, 3.8) is 0 Å². The molecule has 1 aliphatic heterocycles. The third-order valence-corrected chi connectivity index (χ3v) is 4.35. The van der Waals surface area contributed by atoms with Crippen molar-refractivity contribution in [2.24, 2.45) is 0 Å². The summed E-state index contributed by atoms with van der Waals surface area (Å²) in [4.78, 5) is 30.6. The molecule has 2 rings (SSSR count). The van der Waals surface area contributed by atoms with E-state index in [2.05, 4.69) is 4.98 Å². The second-order valence-electron chi connectivity index (χ2n) is 6.70. The smallest absolute Gasteiger partial charge is 0.410 e. The molecule has 1 aromatic heterocycles. The molecule has 122 valence electrons. The molecule has 0 aliphatic carbocycles. The number of nitrogens with zero attached hydrogens (tertiary/aromatic N) is 2. The lowest BCUT2D eigenvalue weighted by Gasteiger charge is -2.36. The fourth-order valence-electron chi connectivity index (χ4n) is 2.58. The Morgan fingerprint density at radius 1 is 1.41 bits per heavy atom. The number of likely N-dealkylation sites (tertiary alicyclic amines) is 1. The van der Waals surface area contributed by atoms with Crippen molar-refractivity contribution in [2.75, 3.05) is 6.54 Å². The van der Waals surface area contributed by atoms with Crippen LogP contribution in [0, 0.1) is 6.92 Å². The minimum Gasteiger partial charge on any atom is -0.444 e. The maximum atomic E-state index is 12.3. The number of thiazole rings is 1. The number of aryl methyl sites for hydroxylation is 1. The molecule has 0 radical (unpaired) electrons. The van der Waals surface area contributed by atoms with Gasteiger partial charge in [-0.1, -0.05) is 0 Å². The van der Waals surface area contributed by atoms with Crippen LogP contribution in [-0.2, 0) is 4.74 Å². The van der Waals surface area contributed by atoms with Gasteiger partial charge < -0.3 is 9.64 Å². The first-order valence-electron chi connectivity index (χ1n) is 7.71. The molecule has 1 fully saturated rings. The van der Waals surface area contributed by atoms with Gasteiger partial charge in [0.05, 0.1) is 5.01 Å². The van der Waals surface area contributed by atoms with Gasteiger partial charge in [-0.25, -0.2) is 9.78 Å². The van der Waals surface area contributed by atoms with Gasteiger partial charge in [-0.2, -0.15) is 0 Å². The Balaban J connectivity index is 2.03. The highest BCUT2D eigenvalue weighted by atomic mass is 32.1. The Bertz CT molecular complexity index is 548. The van der Waals surface area contributed by atoms with Crippen LogP contribution in [0.15, 0.2) is 5.38 Å². The van der Waals surface area contributed by atoms with Crippen LogP contribution >= 0.6 is 11.3 Å². The molecule has 22 heavy (non-hydrogen) atoms. The fourth-order valence-corrected chi connectivity index (χ4v) is 3.20. The van der Waals surface area contributed by atoms with E-state index in [1.807, 2.05) is 27.7 Å². The Morgan fingerprint density at radius 2 is 2.14 bits per heavy atom. The summed E-state index contributed by atoms with van der Waals surface area (Å²) in [5.74, 6) is 0.00445. The standard InChI is InChI=1S/C16H24N2O3S/c1-11-17-13(10-22-11)14(19)9-12-7-5-6-8-18(12)15(20)21-16(2,3)4/h10,12H,5-9H2,1-4H3. The molecular weight excluding hydrogens is 300 g/mol. The lowest BCUT2D eigenvalue weighted by molar-refractivity contribution is 0.00944. The van der Waals surface area contributed by atoms with Gasteiger partial charge in [-0.15, -0.1) is 11.3 Å². The van der Waals surface area contributed by atoms with Crippen molar-refractivity contribution in [3.8, 4) is 0 Å². The molecule has 0 bridgehead atoms. The summed E-state index contributed by atoms with van der Waals surface area (Å²) in [5, 5.41) is 2.68. The molecule has 6 heteroatoms. The number of rotatable bonds is 3. The number of hydrogen-bond acceptors (Lipinski definition) is 5. The molecule has 5 nitrogen and oxygen atoms in total. The second-order valence-corrected chi connectivity index (χ2v) is 7.76. The highest BCUT2D eigenvalue weighted by Gasteiger charge is 2.32. The zero-order valence-electron chi connectivity index (χ0n) is 13.7. The van der Waals surface area contributed by atoms with Gasteiger partial charge >= 0.3 is 6.09 Å². The van der Waals surface area contributed by atoms with Crippen LogP contribution in [0.2, 0.25) is 0 Å². The molecule has 2 heterocycles. The molecule has 1 atom stereocenters. The molecular formula is C16H24N2O3S. The van der Waals surface area contributed by atoms with Gasteiger partial charge in [0, 0.05) is 24.4 Å². The van der Waals surface area contributed by atoms with Crippen LogP contribution in [0.5, 0.6) is 0 Å². The lowest BCUT2D eigenvalue weighted by Crippen LogP contribution is -2.47. The quantitative estimate of drug-likeness (QED) is 0.793. The van der Waals surface area contributed by atoms with E-state index in [4.69, 9.17) is 4.74 Å². The highest BCUT2D eigenvalue weighted by Crippen LogP contribution is 2.24. The highest BCUT2D eigenvalue weighted by molar-refractivity contribution is 7.09. The summed E-state index contributed by atoms with van der Waals surface area (Å²) in [5.41, 5.74) is -0.00743. The third-order valence-electron chi connectivity index (χ3n) is 3.58. The van der Waals surface area contributed by atoms with Gasteiger partial charge in [0.15, 0.2) is 5.78 Å². The van der Waals surface area contributed by atoms with E-state index >= 15 is 0 Å². The first-order valence-corrected chi connectivity index (χ1v) is 8.59. The summed E-state index contributed by atoms with van der Waals surface area (Å²) in [6.07, 6.45) is 2.84. The summed E-state index contributed by atoms with van der Waals surface area (Å²) < 4.78 is 5.46. The molecule has 1 aliphatic rings. The molecule has 0 spiro atoms. The number of aromatic nitrogens is 1. The van der Waals surface area contributed by atoms with Crippen LogP contribution in [0.25, 0.3) is 0 Å². The van der Waals surface area contributed by atoms with E-state index in [9.17, 15) is 9.59 Å². The predicted octanol–water partition coefficient (Wildman–Crippen LogP) is 3.81. The van der Waals surface area contributed by atoms with Gasteiger partial charge in [0.25, 0.3) is 0 Å². The minimum atomic E-state index is -0.519. The van der Waals surface area contributed by atoms with E-state index < -0.39 is 5.60 Å². The number of ether oxygens (including phenoxy) is 1. The second kappa shape index (κ2) is 6.77. The number of carbonyl (C=O) groups excluding carboxylic acids is 2. The van der Waals surface area contributed by atoms with Crippen molar-refractivity contribution in [1.29, 1.82) is 0 Å². The largest absolute Gasteiger partial charge is 0.444 e. The summed E-state index contributed by atoms with van der Waals surface area (Å²) >= 11 is 1.47. The van der Waals surface area contributed by atoms with Gasteiger partial charge in [0.1, 0.15) is 11.3 Å². The summed E-state index contributed by atoms with van der Waals surface area (Å²) in [6.45, 7) is 8.10. The van der Waals surface area contributed by atoms with Crippen molar-refractivity contribution in [3.05, 3.63) is 16.1 Å².